The van der Waals surface area contributed by atoms with Crippen LogP contribution < -0.4 is 11.3 Å². The number of nitrogens with two attached hydrogens (primary N) is 1. The quantitative estimate of drug-likeness (QED) is 0.556. The molecule has 0 unspecified atom stereocenters. The molecule has 0 spiro atoms. The van der Waals surface area contributed by atoms with Crippen LogP contribution in [0.5, 0.6) is 0 Å². The number of hydrazine groups is 1. The third-order valence-corrected chi connectivity index (χ3v) is 3.46. The van der Waals surface area contributed by atoms with Gasteiger partial charge in [-0.25, -0.2) is 13.8 Å². The van der Waals surface area contributed by atoms with Gasteiger partial charge in [0, 0.05) is 22.6 Å². The number of nitrogens with one attached hydrogen (secondary N) is 1. The number of fused-ring (bicyclic) bond motifs is 1. The first-order chi connectivity index (χ1) is 10.1. The molecule has 0 aliphatic heterocycles. The second-order valence-electron chi connectivity index (χ2n) is 4.75. The number of hydrogen-bond donors (Lipinski definition) is 2. The standard InChI is InChI=1S/C16H13F2N3/c1-9-15(10-5-3-2-4-6-10)20-14-8-13(18)12(17)7-11(14)16(9)21-19/h2-8H,19H2,1H3,(H,20,21). The molecule has 21 heavy (non-hydrogen) atoms. The van der Waals surface area contributed by atoms with Gasteiger partial charge >= 0.3 is 0 Å². The van der Waals surface area contributed by atoms with Crippen LogP contribution in [0.4, 0.5) is 14.5 Å². The summed E-state index contributed by atoms with van der Waals surface area (Å²) >= 11 is 0. The van der Waals surface area contributed by atoms with Gasteiger partial charge in [0.1, 0.15) is 0 Å². The van der Waals surface area contributed by atoms with E-state index < -0.39 is 11.6 Å². The number of rotatable bonds is 2. The Bertz CT molecular complexity index is 817. The van der Waals surface area contributed by atoms with E-state index in [4.69, 9.17) is 5.84 Å². The second-order valence-corrected chi connectivity index (χ2v) is 4.75. The maximum Gasteiger partial charge on any atom is 0.161 e. The van der Waals surface area contributed by atoms with Crippen LogP contribution in [0.25, 0.3) is 22.2 Å². The first kappa shape index (κ1) is 13.5. The number of nitrogen functional groups attached to an aromatic ring is 1. The van der Waals surface area contributed by atoms with Crippen molar-refractivity contribution in [3.05, 3.63) is 59.7 Å². The molecule has 0 radical (unpaired) electrons. The summed E-state index contributed by atoms with van der Waals surface area (Å²) in [5.41, 5.74) is 5.81. The molecule has 3 nitrogen and oxygen atoms in total. The Morgan fingerprint density at radius 3 is 2.38 bits per heavy atom. The summed E-state index contributed by atoms with van der Waals surface area (Å²) in [7, 11) is 0. The summed E-state index contributed by atoms with van der Waals surface area (Å²) in [6.45, 7) is 1.84. The Morgan fingerprint density at radius 1 is 1.05 bits per heavy atom. The minimum atomic E-state index is -0.930. The predicted octanol–water partition coefficient (Wildman–Crippen LogP) is 3.77. The fraction of sp³-hybridized carbons (Fsp3) is 0.0625. The van der Waals surface area contributed by atoms with Crippen molar-refractivity contribution in [2.75, 3.05) is 5.43 Å². The number of nitrogens with zero attached hydrogens (tertiary/aromatic N) is 1. The number of hydrogen-bond acceptors (Lipinski definition) is 3. The van der Waals surface area contributed by atoms with Gasteiger partial charge in [-0.15, -0.1) is 0 Å². The summed E-state index contributed by atoms with van der Waals surface area (Å²) in [6, 6.07) is 11.7. The number of halogens is 2. The Hall–Kier alpha value is -2.53. The van der Waals surface area contributed by atoms with Crippen molar-refractivity contribution in [1.82, 2.24) is 4.98 Å². The third-order valence-electron chi connectivity index (χ3n) is 3.46. The highest BCUT2D eigenvalue weighted by molar-refractivity contribution is 5.96. The lowest BCUT2D eigenvalue weighted by Gasteiger charge is -2.14. The zero-order valence-corrected chi connectivity index (χ0v) is 11.3. The highest BCUT2D eigenvalue weighted by Crippen LogP contribution is 2.33. The van der Waals surface area contributed by atoms with Crippen molar-refractivity contribution in [3.8, 4) is 11.3 Å². The molecule has 0 saturated heterocycles. The molecule has 0 atom stereocenters. The van der Waals surface area contributed by atoms with E-state index in [2.05, 4.69) is 10.4 Å². The van der Waals surface area contributed by atoms with Crippen molar-refractivity contribution in [2.45, 2.75) is 6.92 Å². The zero-order chi connectivity index (χ0) is 15.0. The molecule has 0 fully saturated rings. The lowest BCUT2D eigenvalue weighted by molar-refractivity contribution is 0.510. The van der Waals surface area contributed by atoms with Crippen LogP contribution >= 0.6 is 0 Å². The first-order valence-electron chi connectivity index (χ1n) is 6.43. The van der Waals surface area contributed by atoms with Gasteiger partial charge < -0.3 is 5.43 Å². The monoisotopic (exact) mass is 285 g/mol. The second kappa shape index (κ2) is 5.10. The number of benzene rings is 2. The van der Waals surface area contributed by atoms with Gasteiger partial charge in [-0.2, -0.15) is 0 Å². The number of aromatic nitrogens is 1. The van der Waals surface area contributed by atoms with Gasteiger partial charge in [0.2, 0.25) is 0 Å². The van der Waals surface area contributed by atoms with E-state index in [0.717, 1.165) is 23.3 Å². The first-order valence-corrected chi connectivity index (χ1v) is 6.43. The summed E-state index contributed by atoms with van der Waals surface area (Å²) in [4.78, 5) is 4.45. The average molecular weight is 285 g/mol. The van der Waals surface area contributed by atoms with Crippen molar-refractivity contribution in [1.29, 1.82) is 0 Å². The van der Waals surface area contributed by atoms with E-state index in [0.29, 0.717) is 22.3 Å². The molecule has 3 aromatic rings. The minimum Gasteiger partial charge on any atom is -0.323 e. The third kappa shape index (κ3) is 2.21. The summed E-state index contributed by atoms with van der Waals surface area (Å²) in [5, 5.41) is 0.452. The normalized spacial score (nSPS) is 10.9. The van der Waals surface area contributed by atoms with Gasteiger partial charge in [-0.3, -0.25) is 5.84 Å². The average Bonchev–Trinajstić information content (AvgIpc) is 2.50. The minimum absolute atomic E-state index is 0.353. The number of pyridine rings is 1. The molecular weight excluding hydrogens is 272 g/mol. The van der Waals surface area contributed by atoms with E-state index in [1.165, 1.54) is 0 Å². The highest BCUT2D eigenvalue weighted by Gasteiger charge is 2.15. The molecule has 0 bridgehead atoms. The smallest absolute Gasteiger partial charge is 0.161 e. The van der Waals surface area contributed by atoms with Crippen LogP contribution in [0.15, 0.2) is 42.5 Å². The van der Waals surface area contributed by atoms with Crippen LogP contribution in [0, 0.1) is 18.6 Å². The molecule has 3 rings (SSSR count). The molecular formula is C16H13F2N3. The van der Waals surface area contributed by atoms with Crippen LogP contribution in [0.1, 0.15) is 5.56 Å². The van der Waals surface area contributed by atoms with E-state index in [9.17, 15) is 8.78 Å². The zero-order valence-electron chi connectivity index (χ0n) is 11.3. The molecule has 106 valence electrons. The molecule has 0 aliphatic rings. The Balaban J connectivity index is 2.38. The largest absolute Gasteiger partial charge is 0.323 e. The molecule has 1 heterocycles. The van der Waals surface area contributed by atoms with Crippen molar-refractivity contribution in [2.24, 2.45) is 5.84 Å². The Kier molecular flexibility index (Phi) is 3.27. The topological polar surface area (TPSA) is 50.9 Å². The van der Waals surface area contributed by atoms with Crippen LogP contribution in [-0.2, 0) is 0 Å². The SMILES string of the molecule is Cc1c(-c2ccccc2)nc2cc(F)c(F)cc2c1NN. The Labute approximate surface area is 120 Å². The van der Waals surface area contributed by atoms with E-state index in [-0.39, 0.29) is 0 Å². The van der Waals surface area contributed by atoms with E-state index in [1.54, 1.807) is 0 Å². The maximum atomic E-state index is 13.5. The van der Waals surface area contributed by atoms with E-state index in [1.807, 2.05) is 37.3 Å². The lowest BCUT2D eigenvalue weighted by atomic mass is 10.0. The lowest BCUT2D eigenvalue weighted by Crippen LogP contribution is -2.10. The van der Waals surface area contributed by atoms with Crippen molar-refractivity contribution < 1.29 is 8.78 Å². The Morgan fingerprint density at radius 2 is 1.71 bits per heavy atom. The molecule has 0 amide bonds. The predicted molar refractivity (Wildman–Crippen MR) is 79.6 cm³/mol. The molecule has 0 aliphatic carbocycles. The molecule has 3 N–H and O–H groups in total. The fourth-order valence-corrected chi connectivity index (χ4v) is 2.42. The fourth-order valence-electron chi connectivity index (χ4n) is 2.42. The van der Waals surface area contributed by atoms with Gasteiger partial charge in [-0.05, 0) is 13.0 Å². The van der Waals surface area contributed by atoms with Gasteiger partial charge in [0.15, 0.2) is 11.6 Å². The molecule has 5 heteroatoms. The van der Waals surface area contributed by atoms with Crippen LogP contribution in [-0.4, -0.2) is 4.98 Å². The van der Waals surface area contributed by atoms with Crippen LogP contribution in [0.2, 0.25) is 0 Å². The van der Waals surface area contributed by atoms with Gasteiger partial charge in [-0.1, -0.05) is 30.3 Å². The highest BCUT2D eigenvalue weighted by atomic mass is 19.2. The van der Waals surface area contributed by atoms with E-state index >= 15 is 0 Å². The molecule has 2 aromatic carbocycles. The number of anilines is 1. The van der Waals surface area contributed by atoms with Gasteiger partial charge in [0.05, 0.1) is 16.9 Å². The summed E-state index contributed by atoms with van der Waals surface area (Å²) < 4.78 is 26.9. The van der Waals surface area contributed by atoms with Gasteiger partial charge in [0.25, 0.3) is 0 Å². The molecule has 1 aromatic heterocycles. The van der Waals surface area contributed by atoms with Crippen molar-refractivity contribution in [3.63, 3.8) is 0 Å². The summed E-state index contributed by atoms with van der Waals surface area (Å²) in [5.74, 6) is 3.70. The maximum absolute atomic E-state index is 13.5. The summed E-state index contributed by atoms with van der Waals surface area (Å²) in [6.07, 6.45) is 0. The molecule has 0 saturated carbocycles. The van der Waals surface area contributed by atoms with Crippen molar-refractivity contribution >= 4 is 16.6 Å². The van der Waals surface area contributed by atoms with Crippen LogP contribution in [0.3, 0.4) is 0 Å².